The molecular weight excluding hydrogens is 616 g/mol. The van der Waals surface area contributed by atoms with E-state index in [0.717, 1.165) is 13.0 Å². The van der Waals surface area contributed by atoms with Gasteiger partial charge in [0.05, 0.1) is 111 Å². The van der Waals surface area contributed by atoms with Crippen LogP contribution in [0, 0.1) is 0 Å². The molecule has 0 unspecified atom stereocenters. The van der Waals surface area contributed by atoms with Gasteiger partial charge < -0.3 is 37.9 Å². The van der Waals surface area contributed by atoms with Crippen LogP contribution in [0.15, 0.2) is 35.2 Å². The quantitative estimate of drug-likeness (QED) is 0.0661. The van der Waals surface area contributed by atoms with Crippen molar-refractivity contribution in [1.82, 2.24) is 0 Å². The van der Waals surface area contributed by atoms with E-state index in [0.29, 0.717) is 92.5 Å². The van der Waals surface area contributed by atoms with Gasteiger partial charge in [-0.3, -0.25) is 4.18 Å². The number of hydrogen-bond acceptors (Lipinski definition) is 11. The molecule has 0 aliphatic carbocycles. The van der Waals surface area contributed by atoms with Crippen molar-refractivity contribution < 1.29 is 50.5 Å². The van der Waals surface area contributed by atoms with Crippen LogP contribution < -0.4 is 0 Å². The Morgan fingerprint density at radius 1 is 0.391 bits per heavy atom. The van der Waals surface area contributed by atoms with Gasteiger partial charge in [-0.1, -0.05) is 82.9 Å². The van der Waals surface area contributed by atoms with Gasteiger partial charge in [-0.2, -0.15) is 8.42 Å². The maximum absolute atomic E-state index is 12.0. The summed E-state index contributed by atoms with van der Waals surface area (Å²) in [5, 5.41) is 0. The zero-order chi connectivity index (χ0) is 33.1. The van der Waals surface area contributed by atoms with Crippen LogP contribution in [0.1, 0.15) is 71.1 Å². The van der Waals surface area contributed by atoms with Crippen molar-refractivity contribution in [3.63, 3.8) is 0 Å². The summed E-state index contributed by atoms with van der Waals surface area (Å²) in [6.45, 7) is 10.1. The Kier molecular flexibility index (Phi) is 31.4. The minimum atomic E-state index is -3.75. The van der Waals surface area contributed by atoms with Crippen molar-refractivity contribution in [2.45, 2.75) is 76.0 Å². The third-order valence-electron chi connectivity index (χ3n) is 6.74. The molecule has 0 aromatic heterocycles. The second kappa shape index (κ2) is 33.7. The highest BCUT2D eigenvalue weighted by Crippen LogP contribution is 2.11. The summed E-state index contributed by atoms with van der Waals surface area (Å²) in [4.78, 5) is 0.127. The Morgan fingerprint density at radius 2 is 0.696 bits per heavy atom. The Bertz CT molecular complexity index is 843. The molecular formula is C34H62O11S. The van der Waals surface area contributed by atoms with Crippen molar-refractivity contribution in [2.24, 2.45) is 0 Å². The molecule has 0 atom stereocenters. The monoisotopic (exact) mass is 678 g/mol. The maximum atomic E-state index is 12.0. The summed E-state index contributed by atoms with van der Waals surface area (Å²) in [6, 6.07) is 8.01. The number of ether oxygens (including phenoxy) is 8. The van der Waals surface area contributed by atoms with Crippen LogP contribution in [0.3, 0.4) is 0 Å². The summed E-state index contributed by atoms with van der Waals surface area (Å²) in [5.74, 6) is 0. The molecule has 0 aliphatic rings. The van der Waals surface area contributed by atoms with Crippen molar-refractivity contribution in [3.05, 3.63) is 30.3 Å². The lowest BCUT2D eigenvalue weighted by molar-refractivity contribution is -0.0236. The molecule has 0 fully saturated rings. The van der Waals surface area contributed by atoms with Crippen molar-refractivity contribution in [2.75, 3.05) is 112 Å². The predicted octanol–water partition coefficient (Wildman–Crippen LogP) is 5.45. The zero-order valence-corrected chi connectivity index (χ0v) is 29.2. The molecule has 0 amide bonds. The first-order valence-corrected chi connectivity index (χ1v) is 18.6. The topological polar surface area (TPSA) is 117 Å². The molecule has 11 nitrogen and oxygen atoms in total. The van der Waals surface area contributed by atoms with Gasteiger partial charge in [0.15, 0.2) is 0 Å². The van der Waals surface area contributed by atoms with E-state index in [2.05, 4.69) is 6.92 Å². The fourth-order valence-corrected chi connectivity index (χ4v) is 5.10. The minimum absolute atomic E-state index is 0.0509. The molecule has 1 rings (SSSR count). The van der Waals surface area contributed by atoms with E-state index < -0.39 is 10.1 Å². The van der Waals surface area contributed by atoms with Gasteiger partial charge in [-0.25, -0.2) is 0 Å². The van der Waals surface area contributed by atoms with Crippen LogP contribution in [0.5, 0.6) is 0 Å². The Hall–Kier alpha value is -1.19. The predicted molar refractivity (Wildman–Crippen MR) is 178 cm³/mol. The molecule has 1 aromatic carbocycles. The first kappa shape index (κ1) is 42.8. The average molecular weight is 679 g/mol. The third kappa shape index (κ3) is 29.0. The minimum Gasteiger partial charge on any atom is -0.379 e. The summed E-state index contributed by atoms with van der Waals surface area (Å²) < 4.78 is 72.7. The van der Waals surface area contributed by atoms with Gasteiger partial charge in [0.1, 0.15) is 0 Å². The van der Waals surface area contributed by atoms with Crippen LogP contribution in [-0.2, 0) is 52.2 Å². The van der Waals surface area contributed by atoms with Gasteiger partial charge in [-0.15, -0.1) is 0 Å². The second-order valence-corrected chi connectivity index (χ2v) is 12.3. The first-order chi connectivity index (χ1) is 22.7. The number of unbranched alkanes of at least 4 members (excludes halogenated alkanes) is 9. The van der Waals surface area contributed by atoms with Crippen LogP contribution >= 0.6 is 0 Å². The number of rotatable bonds is 37. The lowest BCUT2D eigenvalue weighted by Crippen LogP contribution is -2.15. The molecule has 12 heteroatoms. The highest BCUT2D eigenvalue weighted by Gasteiger charge is 2.13. The van der Waals surface area contributed by atoms with Gasteiger partial charge in [0, 0.05) is 6.61 Å². The van der Waals surface area contributed by atoms with Gasteiger partial charge in [0.2, 0.25) is 0 Å². The van der Waals surface area contributed by atoms with Gasteiger partial charge in [0.25, 0.3) is 10.1 Å². The van der Waals surface area contributed by atoms with Crippen molar-refractivity contribution in [3.8, 4) is 0 Å². The maximum Gasteiger partial charge on any atom is 0.297 e. The van der Waals surface area contributed by atoms with Crippen LogP contribution in [0.2, 0.25) is 0 Å². The first-order valence-electron chi connectivity index (χ1n) is 17.2. The van der Waals surface area contributed by atoms with Crippen LogP contribution in [0.4, 0.5) is 0 Å². The zero-order valence-electron chi connectivity index (χ0n) is 28.4. The van der Waals surface area contributed by atoms with Gasteiger partial charge >= 0.3 is 0 Å². The van der Waals surface area contributed by atoms with E-state index in [1.807, 2.05) is 0 Å². The van der Waals surface area contributed by atoms with E-state index in [9.17, 15) is 8.42 Å². The molecule has 0 spiro atoms. The average Bonchev–Trinajstić information content (AvgIpc) is 3.07. The molecule has 0 N–H and O–H groups in total. The van der Waals surface area contributed by atoms with E-state index in [-0.39, 0.29) is 18.1 Å². The van der Waals surface area contributed by atoms with E-state index in [1.54, 1.807) is 18.2 Å². The molecule has 0 heterocycles. The molecule has 46 heavy (non-hydrogen) atoms. The number of benzene rings is 1. The standard InChI is InChI=1S/C34H62O11S/c1-2-3-4-5-6-7-8-9-10-14-17-37-18-19-38-20-21-39-22-23-40-24-25-41-26-27-42-28-29-43-30-31-44-32-33-45-46(35,36)34-15-12-11-13-16-34/h11-13,15-16H,2-10,14,17-33H2,1H3. The van der Waals surface area contributed by atoms with Gasteiger partial charge in [-0.05, 0) is 18.6 Å². The van der Waals surface area contributed by atoms with Crippen molar-refractivity contribution in [1.29, 1.82) is 0 Å². The van der Waals surface area contributed by atoms with Crippen LogP contribution in [0.25, 0.3) is 0 Å². The SMILES string of the molecule is CCCCCCCCCCCCOCCOCCOCCOCCOCCOCCOCCOCCOS(=O)(=O)c1ccccc1. The summed E-state index contributed by atoms with van der Waals surface area (Å²) in [5.41, 5.74) is 0. The lowest BCUT2D eigenvalue weighted by atomic mass is 10.1. The normalized spacial score (nSPS) is 11.8. The highest BCUT2D eigenvalue weighted by molar-refractivity contribution is 7.86. The van der Waals surface area contributed by atoms with Crippen LogP contribution in [-0.4, -0.2) is 121 Å². The van der Waals surface area contributed by atoms with E-state index in [4.69, 9.17) is 42.1 Å². The highest BCUT2D eigenvalue weighted by atomic mass is 32.2. The van der Waals surface area contributed by atoms with E-state index >= 15 is 0 Å². The molecule has 0 aliphatic heterocycles. The summed E-state index contributed by atoms with van der Waals surface area (Å²) in [6.07, 6.45) is 13.4. The largest absolute Gasteiger partial charge is 0.379 e. The Morgan fingerprint density at radius 3 is 1.07 bits per heavy atom. The third-order valence-corrected chi connectivity index (χ3v) is 8.07. The molecule has 0 saturated heterocycles. The molecule has 0 radical (unpaired) electrons. The van der Waals surface area contributed by atoms with Crippen molar-refractivity contribution >= 4 is 10.1 Å². The molecule has 0 saturated carbocycles. The lowest BCUT2D eigenvalue weighted by Gasteiger charge is -2.09. The summed E-state index contributed by atoms with van der Waals surface area (Å²) >= 11 is 0. The fourth-order valence-electron chi connectivity index (χ4n) is 4.19. The molecule has 270 valence electrons. The number of hydrogen-bond donors (Lipinski definition) is 0. The Labute approximate surface area is 279 Å². The molecule has 0 bridgehead atoms. The smallest absolute Gasteiger partial charge is 0.297 e. The fraction of sp³-hybridized carbons (Fsp3) is 0.824. The van der Waals surface area contributed by atoms with E-state index in [1.165, 1.54) is 69.9 Å². The summed E-state index contributed by atoms with van der Waals surface area (Å²) in [7, 11) is -3.75. The second-order valence-electron chi connectivity index (χ2n) is 10.7. The Balaban J connectivity index is 1.66. The molecule has 1 aromatic rings.